The lowest BCUT2D eigenvalue weighted by atomic mass is 9.76. The van der Waals surface area contributed by atoms with Crippen molar-refractivity contribution < 1.29 is 0 Å². The van der Waals surface area contributed by atoms with Gasteiger partial charge in [0.15, 0.2) is 0 Å². The topological polar surface area (TPSA) is 0 Å². The van der Waals surface area contributed by atoms with Crippen LogP contribution in [0.5, 0.6) is 0 Å². The van der Waals surface area contributed by atoms with Gasteiger partial charge < -0.3 is 0 Å². The van der Waals surface area contributed by atoms with Crippen molar-refractivity contribution in [2.45, 2.75) is 39.5 Å². The van der Waals surface area contributed by atoms with E-state index in [0.29, 0.717) is 11.3 Å². The molecular weight excluding hydrogens is 180 g/mol. The van der Waals surface area contributed by atoms with E-state index >= 15 is 0 Å². The van der Waals surface area contributed by atoms with E-state index in [1.54, 1.807) is 11.1 Å². The summed E-state index contributed by atoms with van der Waals surface area (Å²) in [6, 6.07) is 8.90. The Morgan fingerprint density at radius 1 is 1.40 bits per heavy atom. The average molecular weight is 200 g/mol. The molecule has 1 aromatic carbocycles. The molecule has 80 valence electrons. The van der Waals surface area contributed by atoms with Crippen LogP contribution in [0.25, 0.3) is 0 Å². The summed E-state index contributed by atoms with van der Waals surface area (Å²) in [5.74, 6) is 0.685. The molecule has 1 aromatic rings. The molecule has 2 rings (SSSR count). The first-order valence-electron chi connectivity index (χ1n) is 5.86. The van der Waals surface area contributed by atoms with E-state index in [9.17, 15) is 0 Å². The van der Waals surface area contributed by atoms with Crippen molar-refractivity contribution in [3.63, 3.8) is 0 Å². The zero-order chi connectivity index (χ0) is 10.9. The third kappa shape index (κ3) is 1.73. The highest BCUT2D eigenvalue weighted by atomic mass is 14.4. The van der Waals surface area contributed by atoms with Crippen molar-refractivity contribution in [3.05, 3.63) is 47.5 Å². The molecular formula is C15H20. The van der Waals surface area contributed by atoms with Crippen molar-refractivity contribution in [1.82, 2.24) is 0 Å². The minimum absolute atomic E-state index is 0.427. The molecule has 0 N–H and O–H groups in total. The smallest absolute Gasteiger partial charge is 0.0128 e. The Labute approximate surface area is 93.0 Å². The average Bonchev–Trinajstić information content (AvgIpc) is 2.50. The molecule has 0 radical (unpaired) electrons. The van der Waals surface area contributed by atoms with Crippen LogP contribution >= 0.6 is 0 Å². The lowest BCUT2D eigenvalue weighted by molar-refractivity contribution is 0.295. The van der Waals surface area contributed by atoms with Gasteiger partial charge in [-0.1, -0.05) is 50.3 Å². The highest BCUT2D eigenvalue weighted by molar-refractivity contribution is 5.38. The second-order valence-electron chi connectivity index (χ2n) is 5.02. The summed E-state index contributed by atoms with van der Waals surface area (Å²) in [7, 11) is 0. The first-order valence-corrected chi connectivity index (χ1v) is 5.86. The molecule has 0 spiro atoms. The number of benzene rings is 1. The molecule has 0 bridgehead atoms. The number of allylic oxidation sites excluding steroid dienone is 2. The van der Waals surface area contributed by atoms with Crippen LogP contribution in [-0.2, 0) is 6.42 Å². The molecule has 0 nitrogen and oxygen atoms in total. The van der Waals surface area contributed by atoms with Crippen molar-refractivity contribution in [1.29, 1.82) is 0 Å². The summed E-state index contributed by atoms with van der Waals surface area (Å²) >= 11 is 0. The fourth-order valence-electron chi connectivity index (χ4n) is 2.72. The summed E-state index contributed by atoms with van der Waals surface area (Å²) in [4.78, 5) is 0. The van der Waals surface area contributed by atoms with E-state index in [4.69, 9.17) is 0 Å². The first kappa shape index (κ1) is 10.5. The van der Waals surface area contributed by atoms with E-state index < -0.39 is 0 Å². The standard InChI is InChI=1S/C15H20/c1-4-5-10-15(3)11-13-8-6-7-9-14(13)12(15)2/h4-9,12H,10-11H2,1-3H3/b5-4+. The number of hydrogen-bond acceptors (Lipinski definition) is 0. The normalized spacial score (nSPS) is 29.7. The Morgan fingerprint density at radius 2 is 2.13 bits per heavy atom. The highest BCUT2D eigenvalue weighted by Crippen LogP contribution is 2.48. The van der Waals surface area contributed by atoms with Gasteiger partial charge in [0.1, 0.15) is 0 Å². The fraction of sp³-hybridized carbons (Fsp3) is 0.467. The quantitative estimate of drug-likeness (QED) is 0.624. The van der Waals surface area contributed by atoms with Crippen LogP contribution in [0.3, 0.4) is 0 Å². The highest BCUT2D eigenvalue weighted by Gasteiger charge is 2.38. The van der Waals surface area contributed by atoms with Crippen molar-refractivity contribution in [2.75, 3.05) is 0 Å². The molecule has 2 atom stereocenters. The molecule has 0 saturated carbocycles. The molecule has 0 fully saturated rings. The Morgan fingerprint density at radius 3 is 2.80 bits per heavy atom. The molecule has 0 aliphatic heterocycles. The lowest BCUT2D eigenvalue weighted by Crippen LogP contribution is -2.19. The Hall–Kier alpha value is -1.04. The van der Waals surface area contributed by atoms with Crippen LogP contribution in [0.15, 0.2) is 36.4 Å². The van der Waals surface area contributed by atoms with Crippen LogP contribution in [0, 0.1) is 5.41 Å². The first-order chi connectivity index (χ1) is 7.17. The molecule has 0 heteroatoms. The molecule has 0 amide bonds. The lowest BCUT2D eigenvalue weighted by Gasteiger charge is -2.28. The summed E-state index contributed by atoms with van der Waals surface area (Å²) in [5.41, 5.74) is 3.54. The van der Waals surface area contributed by atoms with Gasteiger partial charge in [0.05, 0.1) is 0 Å². The van der Waals surface area contributed by atoms with Gasteiger partial charge in [0, 0.05) is 0 Å². The zero-order valence-corrected chi connectivity index (χ0v) is 9.96. The van der Waals surface area contributed by atoms with E-state index in [2.05, 4.69) is 57.2 Å². The largest absolute Gasteiger partial charge is 0.0916 e. The third-order valence-corrected chi connectivity index (χ3v) is 3.98. The maximum Gasteiger partial charge on any atom is -0.0128 e. The zero-order valence-electron chi connectivity index (χ0n) is 9.96. The van der Waals surface area contributed by atoms with Crippen molar-refractivity contribution in [2.24, 2.45) is 5.41 Å². The maximum absolute atomic E-state index is 2.41. The van der Waals surface area contributed by atoms with Gasteiger partial charge in [0.25, 0.3) is 0 Å². The SMILES string of the molecule is C/C=C/CC1(C)Cc2ccccc2C1C. The summed E-state index contributed by atoms with van der Waals surface area (Å²) in [5, 5.41) is 0. The maximum atomic E-state index is 2.41. The van der Waals surface area contributed by atoms with Crippen LogP contribution in [0.2, 0.25) is 0 Å². The van der Waals surface area contributed by atoms with E-state index in [0.717, 1.165) is 0 Å². The van der Waals surface area contributed by atoms with E-state index in [-0.39, 0.29) is 0 Å². The molecule has 0 aromatic heterocycles. The molecule has 0 heterocycles. The fourth-order valence-corrected chi connectivity index (χ4v) is 2.72. The predicted molar refractivity (Wildman–Crippen MR) is 66.1 cm³/mol. The van der Waals surface area contributed by atoms with Crippen LogP contribution in [0.4, 0.5) is 0 Å². The molecule has 0 saturated heterocycles. The second kappa shape index (κ2) is 3.84. The van der Waals surface area contributed by atoms with Gasteiger partial charge in [-0.25, -0.2) is 0 Å². The minimum atomic E-state index is 0.427. The van der Waals surface area contributed by atoms with Gasteiger partial charge in [0.2, 0.25) is 0 Å². The molecule has 1 aliphatic rings. The van der Waals surface area contributed by atoms with Gasteiger partial charge in [-0.15, -0.1) is 0 Å². The summed E-state index contributed by atoms with van der Waals surface area (Å²) in [6.45, 7) is 6.89. The van der Waals surface area contributed by atoms with Crippen molar-refractivity contribution in [3.8, 4) is 0 Å². The van der Waals surface area contributed by atoms with Gasteiger partial charge in [-0.3, -0.25) is 0 Å². The molecule has 1 aliphatic carbocycles. The van der Waals surface area contributed by atoms with Crippen molar-refractivity contribution >= 4 is 0 Å². The number of fused-ring (bicyclic) bond motifs is 1. The summed E-state index contributed by atoms with van der Waals surface area (Å²) < 4.78 is 0. The van der Waals surface area contributed by atoms with Crippen LogP contribution in [0.1, 0.15) is 44.2 Å². The number of rotatable bonds is 2. The van der Waals surface area contributed by atoms with Crippen LogP contribution in [-0.4, -0.2) is 0 Å². The van der Waals surface area contributed by atoms with Gasteiger partial charge >= 0.3 is 0 Å². The Bertz CT molecular complexity index is 375. The van der Waals surface area contributed by atoms with Gasteiger partial charge in [-0.2, -0.15) is 0 Å². The Kier molecular flexibility index (Phi) is 2.68. The van der Waals surface area contributed by atoms with Crippen LogP contribution < -0.4 is 0 Å². The van der Waals surface area contributed by atoms with E-state index in [1.165, 1.54) is 12.8 Å². The third-order valence-electron chi connectivity index (χ3n) is 3.98. The Balaban J connectivity index is 2.29. The number of hydrogen-bond donors (Lipinski definition) is 0. The van der Waals surface area contributed by atoms with Gasteiger partial charge in [-0.05, 0) is 42.2 Å². The summed E-state index contributed by atoms with van der Waals surface area (Å²) in [6.07, 6.45) is 6.90. The molecule has 15 heavy (non-hydrogen) atoms. The second-order valence-corrected chi connectivity index (χ2v) is 5.02. The van der Waals surface area contributed by atoms with E-state index in [1.807, 2.05) is 0 Å². The monoisotopic (exact) mass is 200 g/mol. The molecule has 2 unspecified atom stereocenters. The predicted octanol–water partition coefficient (Wildman–Crippen LogP) is 4.32. The minimum Gasteiger partial charge on any atom is -0.0916 e.